The summed E-state index contributed by atoms with van der Waals surface area (Å²) in [5.41, 5.74) is 5.71. The molecule has 2 unspecified atom stereocenters. The van der Waals surface area contributed by atoms with E-state index in [9.17, 15) is 9.59 Å². The van der Waals surface area contributed by atoms with E-state index in [1.54, 1.807) is 4.90 Å². The van der Waals surface area contributed by atoms with Crippen molar-refractivity contribution in [3.63, 3.8) is 0 Å². The van der Waals surface area contributed by atoms with Crippen molar-refractivity contribution in [3.05, 3.63) is 0 Å². The lowest BCUT2D eigenvalue weighted by molar-refractivity contribution is -0.132. The summed E-state index contributed by atoms with van der Waals surface area (Å²) in [6.45, 7) is 3.17. The van der Waals surface area contributed by atoms with E-state index in [0.29, 0.717) is 50.3 Å². The van der Waals surface area contributed by atoms with Gasteiger partial charge in [0.05, 0.1) is 24.7 Å². The Balaban J connectivity index is 1.61. The number of rotatable bonds is 6. The standard InChI is InChI=1S/C14H25N3O3S/c15-8-11-2-1-3-12(11)16-13(18)9-21-10-14(19)17-4-6-20-7-5-17/h11-12H,1-10,15H2,(H,16,18). The predicted octanol–water partition coefficient (Wildman–Crippen LogP) is -0.178. The van der Waals surface area contributed by atoms with Gasteiger partial charge in [0.25, 0.3) is 0 Å². The first kappa shape index (κ1) is 16.6. The van der Waals surface area contributed by atoms with E-state index in [-0.39, 0.29) is 17.9 Å². The van der Waals surface area contributed by atoms with Gasteiger partial charge in [-0.1, -0.05) is 6.42 Å². The maximum atomic E-state index is 11.9. The van der Waals surface area contributed by atoms with E-state index in [2.05, 4.69) is 5.32 Å². The van der Waals surface area contributed by atoms with Crippen molar-refractivity contribution < 1.29 is 14.3 Å². The topological polar surface area (TPSA) is 84.7 Å². The summed E-state index contributed by atoms with van der Waals surface area (Å²) < 4.78 is 5.21. The Bertz CT molecular complexity index is 361. The molecular weight excluding hydrogens is 290 g/mol. The first-order valence-electron chi connectivity index (χ1n) is 7.63. The van der Waals surface area contributed by atoms with Gasteiger partial charge >= 0.3 is 0 Å². The van der Waals surface area contributed by atoms with Gasteiger partial charge in [0.2, 0.25) is 11.8 Å². The maximum Gasteiger partial charge on any atom is 0.232 e. The van der Waals surface area contributed by atoms with E-state index < -0.39 is 0 Å². The molecule has 2 amide bonds. The molecular formula is C14H25N3O3S. The summed E-state index contributed by atoms with van der Waals surface area (Å²) in [6, 6.07) is 0.220. The van der Waals surface area contributed by atoms with E-state index in [1.165, 1.54) is 11.8 Å². The number of hydrogen-bond donors (Lipinski definition) is 2. The van der Waals surface area contributed by atoms with Crippen LogP contribution in [-0.2, 0) is 14.3 Å². The number of thioether (sulfide) groups is 1. The Morgan fingerprint density at radius 3 is 2.71 bits per heavy atom. The molecule has 120 valence electrons. The molecule has 0 aromatic rings. The number of nitrogens with zero attached hydrogens (tertiary/aromatic N) is 1. The highest BCUT2D eigenvalue weighted by Gasteiger charge is 2.27. The zero-order chi connectivity index (χ0) is 15.1. The Kier molecular flexibility index (Phi) is 6.79. The number of amides is 2. The van der Waals surface area contributed by atoms with Gasteiger partial charge in [-0.2, -0.15) is 0 Å². The monoisotopic (exact) mass is 315 g/mol. The summed E-state index contributed by atoms with van der Waals surface area (Å²) >= 11 is 1.38. The fourth-order valence-electron chi connectivity index (χ4n) is 2.89. The zero-order valence-corrected chi connectivity index (χ0v) is 13.2. The lowest BCUT2D eigenvalue weighted by Gasteiger charge is -2.26. The van der Waals surface area contributed by atoms with Gasteiger partial charge in [-0.05, 0) is 25.3 Å². The van der Waals surface area contributed by atoms with Crippen LogP contribution >= 0.6 is 11.8 Å². The Hall–Kier alpha value is -0.790. The van der Waals surface area contributed by atoms with Gasteiger partial charge in [0.1, 0.15) is 0 Å². The highest BCUT2D eigenvalue weighted by atomic mass is 32.2. The quantitative estimate of drug-likeness (QED) is 0.710. The summed E-state index contributed by atoms with van der Waals surface area (Å²) in [5, 5.41) is 3.05. The van der Waals surface area contributed by atoms with Crippen molar-refractivity contribution >= 4 is 23.6 Å². The number of nitrogens with two attached hydrogens (primary N) is 1. The third-order valence-electron chi connectivity index (χ3n) is 4.13. The maximum absolute atomic E-state index is 11.9. The molecule has 0 radical (unpaired) electrons. The number of hydrogen-bond acceptors (Lipinski definition) is 5. The molecule has 1 heterocycles. The molecule has 2 rings (SSSR count). The molecule has 0 bridgehead atoms. The molecule has 1 saturated heterocycles. The first-order chi connectivity index (χ1) is 10.2. The van der Waals surface area contributed by atoms with Crippen LogP contribution in [0, 0.1) is 5.92 Å². The molecule has 6 nitrogen and oxygen atoms in total. The highest BCUT2D eigenvalue weighted by molar-refractivity contribution is 8.00. The molecule has 1 aliphatic carbocycles. The van der Waals surface area contributed by atoms with Crippen LogP contribution < -0.4 is 11.1 Å². The Morgan fingerprint density at radius 1 is 1.24 bits per heavy atom. The molecule has 2 aliphatic rings. The lowest BCUT2D eigenvalue weighted by atomic mass is 10.0. The van der Waals surface area contributed by atoms with Crippen molar-refractivity contribution in [1.82, 2.24) is 10.2 Å². The number of nitrogens with one attached hydrogen (secondary N) is 1. The second kappa shape index (κ2) is 8.60. The molecule has 7 heteroatoms. The van der Waals surface area contributed by atoms with Crippen molar-refractivity contribution in [2.75, 3.05) is 44.4 Å². The van der Waals surface area contributed by atoms with Gasteiger partial charge in [-0.15, -0.1) is 11.8 Å². The Morgan fingerprint density at radius 2 is 2.00 bits per heavy atom. The van der Waals surface area contributed by atoms with Crippen LogP contribution in [0.2, 0.25) is 0 Å². The van der Waals surface area contributed by atoms with Crippen LogP contribution in [0.1, 0.15) is 19.3 Å². The average Bonchev–Trinajstić information content (AvgIpc) is 2.95. The molecule has 21 heavy (non-hydrogen) atoms. The molecule has 0 aromatic heterocycles. The van der Waals surface area contributed by atoms with Crippen LogP contribution in [0.4, 0.5) is 0 Å². The molecule has 0 spiro atoms. The largest absolute Gasteiger partial charge is 0.378 e. The van der Waals surface area contributed by atoms with Gasteiger partial charge in [-0.3, -0.25) is 9.59 Å². The van der Waals surface area contributed by atoms with E-state index in [0.717, 1.165) is 19.3 Å². The van der Waals surface area contributed by atoms with Gasteiger partial charge < -0.3 is 20.7 Å². The number of carbonyl (C=O) groups excluding carboxylic acids is 2. The van der Waals surface area contributed by atoms with Crippen LogP contribution in [0.15, 0.2) is 0 Å². The number of morpholine rings is 1. The minimum Gasteiger partial charge on any atom is -0.378 e. The Labute approximate surface area is 130 Å². The minimum absolute atomic E-state index is 0.0140. The summed E-state index contributed by atoms with van der Waals surface area (Å²) in [7, 11) is 0. The molecule has 2 fully saturated rings. The number of carbonyl (C=O) groups is 2. The summed E-state index contributed by atoms with van der Waals surface area (Å²) in [6.07, 6.45) is 3.25. The molecule has 1 aliphatic heterocycles. The lowest BCUT2D eigenvalue weighted by Crippen LogP contribution is -2.42. The summed E-state index contributed by atoms with van der Waals surface area (Å²) in [4.78, 5) is 25.6. The first-order valence-corrected chi connectivity index (χ1v) is 8.79. The summed E-state index contributed by atoms with van der Waals surface area (Å²) in [5.74, 6) is 1.22. The minimum atomic E-state index is 0.0140. The zero-order valence-electron chi connectivity index (χ0n) is 12.4. The van der Waals surface area contributed by atoms with Crippen LogP contribution in [0.3, 0.4) is 0 Å². The smallest absolute Gasteiger partial charge is 0.232 e. The second-order valence-corrected chi connectivity index (χ2v) is 6.57. The van der Waals surface area contributed by atoms with Crippen molar-refractivity contribution in [2.45, 2.75) is 25.3 Å². The molecule has 2 atom stereocenters. The van der Waals surface area contributed by atoms with E-state index in [4.69, 9.17) is 10.5 Å². The van der Waals surface area contributed by atoms with Gasteiger partial charge in [-0.25, -0.2) is 0 Å². The van der Waals surface area contributed by atoms with E-state index in [1.807, 2.05) is 0 Å². The third-order valence-corrected chi connectivity index (χ3v) is 5.05. The predicted molar refractivity (Wildman–Crippen MR) is 83.1 cm³/mol. The molecule has 1 saturated carbocycles. The molecule has 0 aromatic carbocycles. The van der Waals surface area contributed by atoms with Crippen LogP contribution in [-0.4, -0.2) is 67.1 Å². The highest BCUT2D eigenvalue weighted by Crippen LogP contribution is 2.24. The van der Waals surface area contributed by atoms with Crippen LogP contribution in [0.5, 0.6) is 0 Å². The van der Waals surface area contributed by atoms with Crippen LogP contribution in [0.25, 0.3) is 0 Å². The SMILES string of the molecule is NCC1CCCC1NC(=O)CSCC(=O)N1CCOCC1. The normalized spacial score (nSPS) is 25.9. The van der Waals surface area contributed by atoms with Crippen molar-refractivity contribution in [2.24, 2.45) is 11.7 Å². The average molecular weight is 315 g/mol. The van der Waals surface area contributed by atoms with E-state index >= 15 is 0 Å². The third kappa shape index (κ3) is 5.16. The number of ether oxygens (including phenoxy) is 1. The fourth-order valence-corrected chi connectivity index (χ4v) is 3.62. The molecule has 3 N–H and O–H groups in total. The van der Waals surface area contributed by atoms with Crippen molar-refractivity contribution in [3.8, 4) is 0 Å². The van der Waals surface area contributed by atoms with Gasteiger partial charge in [0, 0.05) is 19.1 Å². The van der Waals surface area contributed by atoms with Crippen molar-refractivity contribution in [1.29, 1.82) is 0 Å². The fraction of sp³-hybridized carbons (Fsp3) is 0.857. The second-order valence-electron chi connectivity index (χ2n) is 5.59. The van der Waals surface area contributed by atoms with Gasteiger partial charge in [0.15, 0.2) is 0 Å².